The van der Waals surface area contributed by atoms with E-state index in [4.69, 9.17) is 0 Å². The molecule has 0 radical (unpaired) electrons. The van der Waals surface area contributed by atoms with Crippen LogP contribution < -0.4 is 5.32 Å². The van der Waals surface area contributed by atoms with E-state index in [1.807, 2.05) is 11.8 Å². The third kappa shape index (κ3) is 4.34. The lowest BCUT2D eigenvalue weighted by Crippen LogP contribution is -2.15. The Bertz CT molecular complexity index is 230. The molecule has 0 aliphatic heterocycles. The van der Waals surface area contributed by atoms with Crippen LogP contribution in [0.5, 0.6) is 0 Å². The molecule has 0 unspecified atom stereocenters. The minimum Gasteiger partial charge on any atom is -0.316 e. The van der Waals surface area contributed by atoms with Gasteiger partial charge >= 0.3 is 0 Å². The number of hydrogen-bond acceptors (Lipinski definition) is 2. The molecule has 0 aliphatic carbocycles. The van der Waals surface area contributed by atoms with Gasteiger partial charge in [0.15, 0.2) is 0 Å². The van der Waals surface area contributed by atoms with E-state index in [0.29, 0.717) is 0 Å². The molecule has 0 aromatic heterocycles. The molecule has 0 spiro atoms. The molecule has 13 heavy (non-hydrogen) atoms. The van der Waals surface area contributed by atoms with E-state index in [2.05, 4.69) is 43.4 Å². The van der Waals surface area contributed by atoms with Crippen LogP contribution in [0.4, 0.5) is 0 Å². The average molecular weight is 195 g/mol. The third-order valence-electron chi connectivity index (χ3n) is 1.82. The fraction of sp³-hybridized carbons (Fsp3) is 0.455. The van der Waals surface area contributed by atoms with Crippen molar-refractivity contribution in [3.05, 3.63) is 29.8 Å². The average Bonchev–Trinajstić information content (AvgIpc) is 2.15. The third-order valence-corrected chi connectivity index (χ3v) is 2.83. The molecule has 0 heterocycles. The van der Waals surface area contributed by atoms with Gasteiger partial charge in [0, 0.05) is 17.2 Å². The maximum atomic E-state index is 3.31. The lowest BCUT2D eigenvalue weighted by molar-refractivity contribution is 0.768. The van der Waals surface area contributed by atoms with Gasteiger partial charge < -0.3 is 5.32 Å². The highest BCUT2D eigenvalue weighted by molar-refractivity contribution is 7.99. The van der Waals surface area contributed by atoms with Crippen LogP contribution >= 0.6 is 11.8 Å². The summed E-state index contributed by atoms with van der Waals surface area (Å²) >= 11 is 1.91. The van der Waals surface area contributed by atoms with E-state index in [0.717, 1.165) is 18.8 Å². The van der Waals surface area contributed by atoms with Gasteiger partial charge in [-0.25, -0.2) is 0 Å². The zero-order chi connectivity index (χ0) is 9.52. The highest BCUT2D eigenvalue weighted by atomic mass is 32.2. The first-order valence-electron chi connectivity index (χ1n) is 4.73. The fourth-order valence-corrected chi connectivity index (χ4v) is 1.86. The second-order valence-electron chi connectivity index (χ2n) is 3.02. The summed E-state index contributed by atoms with van der Waals surface area (Å²) in [7, 11) is 0. The quantitative estimate of drug-likeness (QED) is 0.572. The van der Waals surface area contributed by atoms with Crippen molar-refractivity contribution < 1.29 is 0 Å². The van der Waals surface area contributed by atoms with Gasteiger partial charge in [0.1, 0.15) is 0 Å². The SMILES string of the molecule is CCNCCSc1ccc(C)cc1. The summed E-state index contributed by atoms with van der Waals surface area (Å²) in [6, 6.07) is 8.70. The van der Waals surface area contributed by atoms with Crippen molar-refractivity contribution in [2.45, 2.75) is 18.7 Å². The Morgan fingerprint density at radius 3 is 2.54 bits per heavy atom. The van der Waals surface area contributed by atoms with E-state index in [1.165, 1.54) is 10.5 Å². The summed E-state index contributed by atoms with van der Waals surface area (Å²) in [6.45, 7) is 6.41. The van der Waals surface area contributed by atoms with E-state index in [1.54, 1.807) is 0 Å². The summed E-state index contributed by atoms with van der Waals surface area (Å²) in [5.74, 6) is 1.15. The number of aryl methyl sites for hydroxylation is 1. The van der Waals surface area contributed by atoms with Crippen molar-refractivity contribution in [1.82, 2.24) is 5.32 Å². The maximum Gasteiger partial charge on any atom is 0.0106 e. The summed E-state index contributed by atoms with van der Waals surface area (Å²) in [4.78, 5) is 1.36. The van der Waals surface area contributed by atoms with Crippen molar-refractivity contribution in [3.8, 4) is 0 Å². The Kier molecular flexibility index (Phi) is 4.94. The predicted molar refractivity (Wildman–Crippen MR) is 60.4 cm³/mol. The normalized spacial score (nSPS) is 10.3. The number of nitrogens with one attached hydrogen (secondary N) is 1. The second kappa shape index (κ2) is 6.06. The number of benzene rings is 1. The standard InChI is InChI=1S/C11H17NS/c1-3-12-8-9-13-11-6-4-10(2)5-7-11/h4-7,12H,3,8-9H2,1-2H3. The Labute approximate surface area is 84.9 Å². The summed E-state index contributed by atoms with van der Waals surface area (Å²) in [5.41, 5.74) is 1.33. The smallest absolute Gasteiger partial charge is 0.0106 e. The molecule has 1 aromatic carbocycles. The zero-order valence-corrected chi connectivity index (χ0v) is 9.16. The fourth-order valence-electron chi connectivity index (χ4n) is 1.05. The van der Waals surface area contributed by atoms with E-state index in [9.17, 15) is 0 Å². The first-order valence-corrected chi connectivity index (χ1v) is 5.71. The van der Waals surface area contributed by atoms with Gasteiger partial charge in [-0.15, -0.1) is 11.8 Å². The van der Waals surface area contributed by atoms with Gasteiger partial charge in [-0.1, -0.05) is 24.6 Å². The molecule has 0 amide bonds. The van der Waals surface area contributed by atoms with Crippen LogP contribution in [-0.4, -0.2) is 18.8 Å². The van der Waals surface area contributed by atoms with Crippen molar-refractivity contribution in [2.75, 3.05) is 18.8 Å². The molecule has 0 aliphatic rings. The van der Waals surface area contributed by atoms with Crippen LogP contribution in [0, 0.1) is 6.92 Å². The Morgan fingerprint density at radius 2 is 1.92 bits per heavy atom. The molecule has 0 saturated heterocycles. The molecular formula is C11H17NS. The van der Waals surface area contributed by atoms with Gasteiger partial charge in [0.25, 0.3) is 0 Å². The predicted octanol–water partition coefficient (Wildman–Crippen LogP) is 2.70. The molecule has 1 rings (SSSR count). The van der Waals surface area contributed by atoms with E-state index >= 15 is 0 Å². The van der Waals surface area contributed by atoms with Crippen LogP contribution in [0.3, 0.4) is 0 Å². The molecule has 72 valence electrons. The minimum absolute atomic E-state index is 1.06. The summed E-state index contributed by atoms with van der Waals surface area (Å²) in [5, 5.41) is 3.31. The van der Waals surface area contributed by atoms with Crippen LogP contribution in [0.25, 0.3) is 0 Å². The second-order valence-corrected chi connectivity index (χ2v) is 4.18. The van der Waals surface area contributed by atoms with Crippen LogP contribution in [0.1, 0.15) is 12.5 Å². The van der Waals surface area contributed by atoms with Crippen molar-refractivity contribution in [3.63, 3.8) is 0 Å². The summed E-state index contributed by atoms with van der Waals surface area (Å²) in [6.07, 6.45) is 0. The van der Waals surface area contributed by atoms with E-state index in [-0.39, 0.29) is 0 Å². The van der Waals surface area contributed by atoms with Crippen molar-refractivity contribution >= 4 is 11.8 Å². The van der Waals surface area contributed by atoms with Crippen LogP contribution in [0.15, 0.2) is 29.2 Å². The number of hydrogen-bond donors (Lipinski definition) is 1. The minimum atomic E-state index is 1.06. The molecule has 0 atom stereocenters. The van der Waals surface area contributed by atoms with Crippen molar-refractivity contribution in [1.29, 1.82) is 0 Å². The Balaban J connectivity index is 2.25. The first kappa shape index (κ1) is 10.6. The largest absolute Gasteiger partial charge is 0.316 e. The topological polar surface area (TPSA) is 12.0 Å². The number of thioether (sulfide) groups is 1. The lowest BCUT2D eigenvalue weighted by Gasteiger charge is -2.02. The van der Waals surface area contributed by atoms with Gasteiger partial charge in [0.05, 0.1) is 0 Å². The molecule has 1 aromatic rings. The van der Waals surface area contributed by atoms with Crippen LogP contribution in [-0.2, 0) is 0 Å². The molecular weight excluding hydrogens is 178 g/mol. The molecule has 0 fully saturated rings. The van der Waals surface area contributed by atoms with Gasteiger partial charge in [-0.05, 0) is 25.6 Å². The van der Waals surface area contributed by atoms with Crippen molar-refractivity contribution in [2.24, 2.45) is 0 Å². The number of rotatable bonds is 5. The molecule has 0 bridgehead atoms. The zero-order valence-electron chi connectivity index (χ0n) is 8.34. The van der Waals surface area contributed by atoms with Gasteiger partial charge in [-0.3, -0.25) is 0 Å². The highest BCUT2D eigenvalue weighted by Crippen LogP contribution is 2.17. The lowest BCUT2D eigenvalue weighted by atomic mass is 10.2. The monoisotopic (exact) mass is 195 g/mol. The molecule has 2 heteroatoms. The van der Waals surface area contributed by atoms with Crippen LogP contribution in [0.2, 0.25) is 0 Å². The first-order chi connectivity index (χ1) is 6.33. The molecule has 0 saturated carbocycles. The highest BCUT2D eigenvalue weighted by Gasteiger charge is 1.92. The Hall–Kier alpha value is -0.470. The Morgan fingerprint density at radius 1 is 1.23 bits per heavy atom. The molecule has 1 N–H and O–H groups in total. The maximum absolute atomic E-state index is 3.31. The summed E-state index contributed by atoms with van der Waals surface area (Å²) < 4.78 is 0. The van der Waals surface area contributed by atoms with Gasteiger partial charge in [0.2, 0.25) is 0 Å². The molecule has 1 nitrogen and oxygen atoms in total. The van der Waals surface area contributed by atoms with E-state index < -0.39 is 0 Å². The van der Waals surface area contributed by atoms with Gasteiger partial charge in [-0.2, -0.15) is 0 Å².